The second kappa shape index (κ2) is 10.6. The van der Waals surface area contributed by atoms with Gasteiger partial charge in [-0.25, -0.2) is 0 Å². The van der Waals surface area contributed by atoms with Gasteiger partial charge in [-0.1, -0.05) is 39.7 Å². The molecular weight excluding hydrogens is 400 g/mol. The number of nitrogens with zero attached hydrogens (tertiary/aromatic N) is 3. The largest absolute Gasteiger partial charge is 0.377 e. The lowest BCUT2D eigenvalue weighted by Crippen LogP contribution is -2.26. The van der Waals surface area contributed by atoms with Crippen LogP contribution in [0.1, 0.15) is 80.9 Å². The van der Waals surface area contributed by atoms with Gasteiger partial charge in [0.2, 0.25) is 0 Å². The summed E-state index contributed by atoms with van der Waals surface area (Å²) in [6.07, 6.45) is 12.0. The van der Waals surface area contributed by atoms with Crippen molar-refractivity contribution < 1.29 is 0 Å². The van der Waals surface area contributed by atoms with Gasteiger partial charge in [0.15, 0.2) is 0 Å². The Bertz CT molecular complexity index is 873. The minimum atomic E-state index is 0.157. The maximum absolute atomic E-state index is 4.80. The number of fused-ring (bicyclic) bond motifs is 1. The van der Waals surface area contributed by atoms with Crippen molar-refractivity contribution in [2.45, 2.75) is 76.4 Å². The molecule has 2 aromatic rings. The van der Waals surface area contributed by atoms with E-state index in [2.05, 4.69) is 48.8 Å². The minimum absolute atomic E-state index is 0.157. The monoisotopic (exact) mass is 436 g/mol. The molecule has 2 aromatic heterocycles. The summed E-state index contributed by atoms with van der Waals surface area (Å²) in [5.41, 5.74) is 5.70. The molecule has 0 aromatic carbocycles. The fraction of sp³-hybridized carbons (Fsp3) is 0.538. The number of rotatable bonds is 9. The Kier molecular flexibility index (Phi) is 7.67. The van der Waals surface area contributed by atoms with Gasteiger partial charge in [0.05, 0.1) is 17.4 Å². The summed E-state index contributed by atoms with van der Waals surface area (Å²) < 4.78 is 0. The average Bonchev–Trinajstić information content (AvgIpc) is 3.20. The summed E-state index contributed by atoms with van der Waals surface area (Å²) in [5, 5.41) is 3.60. The Balaban J connectivity index is 1.37. The lowest BCUT2D eigenvalue weighted by Gasteiger charge is -2.26. The number of hydrogen-bond donors (Lipinski definition) is 1. The van der Waals surface area contributed by atoms with Gasteiger partial charge in [-0.3, -0.25) is 14.9 Å². The molecule has 1 fully saturated rings. The third-order valence-electron chi connectivity index (χ3n) is 6.60. The fourth-order valence-corrected chi connectivity index (χ4v) is 5.51. The second-order valence-electron chi connectivity index (χ2n) is 8.94. The van der Waals surface area contributed by atoms with Crippen molar-refractivity contribution in [2.24, 2.45) is 5.92 Å². The van der Waals surface area contributed by atoms with Gasteiger partial charge >= 0.3 is 0 Å². The van der Waals surface area contributed by atoms with Gasteiger partial charge in [0.25, 0.3) is 0 Å². The van der Waals surface area contributed by atoms with Crippen LogP contribution in [-0.2, 0) is 13.1 Å². The third-order valence-corrected chi connectivity index (χ3v) is 7.46. The van der Waals surface area contributed by atoms with Crippen LogP contribution < -0.4 is 5.32 Å². The Morgan fingerprint density at radius 2 is 2.00 bits per heavy atom. The summed E-state index contributed by atoms with van der Waals surface area (Å²) in [6.45, 7) is 11.9. The zero-order valence-electron chi connectivity index (χ0n) is 19.1. The normalized spacial score (nSPS) is 18.0. The van der Waals surface area contributed by atoms with Crippen LogP contribution in [0.25, 0.3) is 5.70 Å². The third kappa shape index (κ3) is 5.69. The van der Waals surface area contributed by atoms with E-state index in [1.165, 1.54) is 54.8 Å². The van der Waals surface area contributed by atoms with Crippen LogP contribution in [0, 0.1) is 5.92 Å². The van der Waals surface area contributed by atoms with E-state index in [1.54, 1.807) is 0 Å². The summed E-state index contributed by atoms with van der Waals surface area (Å²) in [4.78, 5) is 13.3. The van der Waals surface area contributed by atoms with Crippen molar-refractivity contribution >= 4 is 17.5 Å². The van der Waals surface area contributed by atoms with Gasteiger partial charge < -0.3 is 5.32 Å². The number of nitrogens with one attached hydrogen (secondary N) is 1. The summed E-state index contributed by atoms with van der Waals surface area (Å²) >= 11 is 1.82. The smallest absolute Gasteiger partial charge is 0.0682 e. The highest BCUT2D eigenvalue weighted by Crippen LogP contribution is 2.30. The number of pyridine rings is 2. The molecule has 3 heterocycles. The first-order valence-electron chi connectivity index (χ1n) is 11.9. The van der Waals surface area contributed by atoms with Crippen LogP contribution in [-0.4, -0.2) is 27.2 Å². The van der Waals surface area contributed by atoms with Crippen LogP contribution in [0.4, 0.5) is 0 Å². The first kappa shape index (κ1) is 22.3. The highest BCUT2D eigenvalue weighted by Gasteiger charge is 2.24. The quantitative estimate of drug-likeness (QED) is 0.474. The summed E-state index contributed by atoms with van der Waals surface area (Å²) in [5.74, 6) is 1.94. The van der Waals surface area contributed by atoms with Crippen LogP contribution in [0.5, 0.6) is 0 Å². The van der Waals surface area contributed by atoms with E-state index >= 15 is 0 Å². The Hall–Kier alpha value is -1.85. The SMILES string of the molecule is C=C(NC(CC)c1ccc(SCC)cn1)c1cnc2c(c1)CN(CC1CCCCC1)C2. The first-order valence-corrected chi connectivity index (χ1v) is 12.9. The summed E-state index contributed by atoms with van der Waals surface area (Å²) in [6, 6.07) is 6.75. The predicted octanol–water partition coefficient (Wildman–Crippen LogP) is 6.20. The Morgan fingerprint density at radius 3 is 2.71 bits per heavy atom. The standard InChI is InChI=1S/C26H36N4S/c1-4-24(25-12-11-23(15-28-25)31-5-2)29-19(3)21-13-22-17-30(18-26(22)27-14-21)16-20-9-7-6-8-10-20/h11-15,20,24,29H,3-10,16-18H2,1-2H3. The molecule has 4 rings (SSSR count). The predicted molar refractivity (Wildman–Crippen MR) is 131 cm³/mol. The van der Waals surface area contributed by atoms with Gasteiger partial charge in [0, 0.05) is 48.2 Å². The van der Waals surface area contributed by atoms with E-state index in [9.17, 15) is 0 Å². The molecule has 1 aliphatic heterocycles. The Morgan fingerprint density at radius 1 is 1.16 bits per heavy atom. The lowest BCUT2D eigenvalue weighted by atomic mass is 9.89. The fourth-order valence-electron chi connectivity index (χ4n) is 4.88. The maximum Gasteiger partial charge on any atom is 0.0682 e. The van der Waals surface area contributed by atoms with E-state index in [0.29, 0.717) is 0 Å². The van der Waals surface area contributed by atoms with E-state index < -0.39 is 0 Å². The molecule has 1 atom stereocenters. The van der Waals surface area contributed by atoms with E-state index in [-0.39, 0.29) is 6.04 Å². The molecule has 0 amide bonds. The molecule has 0 spiro atoms. The zero-order chi connectivity index (χ0) is 21.6. The van der Waals surface area contributed by atoms with Crippen molar-refractivity contribution in [3.8, 4) is 0 Å². The highest BCUT2D eigenvalue weighted by atomic mass is 32.2. The molecule has 0 saturated heterocycles. The van der Waals surface area contributed by atoms with Crippen molar-refractivity contribution in [3.05, 3.63) is 59.7 Å². The van der Waals surface area contributed by atoms with E-state index in [1.807, 2.05) is 24.2 Å². The average molecular weight is 437 g/mol. The second-order valence-corrected chi connectivity index (χ2v) is 10.3. The first-order chi connectivity index (χ1) is 15.2. The minimum Gasteiger partial charge on any atom is -0.377 e. The molecule has 4 nitrogen and oxygen atoms in total. The van der Waals surface area contributed by atoms with Crippen molar-refractivity contribution in [3.63, 3.8) is 0 Å². The molecule has 0 radical (unpaired) electrons. The molecule has 166 valence electrons. The molecule has 1 aliphatic carbocycles. The van der Waals surface area contributed by atoms with Gasteiger partial charge in [0.1, 0.15) is 0 Å². The molecule has 31 heavy (non-hydrogen) atoms. The van der Waals surface area contributed by atoms with Gasteiger partial charge in [-0.15, -0.1) is 11.8 Å². The summed E-state index contributed by atoms with van der Waals surface area (Å²) in [7, 11) is 0. The van der Waals surface area contributed by atoms with Crippen molar-refractivity contribution in [2.75, 3.05) is 12.3 Å². The lowest BCUT2D eigenvalue weighted by molar-refractivity contribution is 0.202. The number of hydrogen-bond acceptors (Lipinski definition) is 5. The molecular formula is C26H36N4S. The van der Waals surface area contributed by atoms with Crippen LogP contribution in [0.2, 0.25) is 0 Å². The van der Waals surface area contributed by atoms with Crippen molar-refractivity contribution in [1.29, 1.82) is 0 Å². The molecule has 5 heteroatoms. The number of thioether (sulfide) groups is 1. The van der Waals surface area contributed by atoms with Gasteiger partial charge in [-0.2, -0.15) is 0 Å². The van der Waals surface area contributed by atoms with E-state index in [4.69, 9.17) is 9.97 Å². The van der Waals surface area contributed by atoms with Crippen molar-refractivity contribution in [1.82, 2.24) is 20.2 Å². The molecule has 0 bridgehead atoms. The highest BCUT2D eigenvalue weighted by molar-refractivity contribution is 7.99. The van der Waals surface area contributed by atoms with Crippen LogP contribution >= 0.6 is 11.8 Å². The topological polar surface area (TPSA) is 41.1 Å². The van der Waals surface area contributed by atoms with Crippen LogP contribution in [0.3, 0.4) is 0 Å². The van der Waals surface area contributed by atoms with E-state index in [0.717, 1.165) is 48.1 Å². The maximum atomic E-state index is 4.80. The molecule has 1 N–H and O–H groups in total. The molecule has 1 saturated carbocycles. The van der Waals surface area contributed by atoms with Crippen LogP contribution in [0.15, 0.2) is 42.1 Å². The molecule has 2 aliphatic rings. The molecule has 1 unspecified atom stereocenters. The Labute approximate surface area is 191 Å². The number of aromatic nitrogens is 2. The van der Waals surface area contributed by atoms with Gasteiger partial charge in [-0.05, 0) is 54.7 Å². The zero-order valence-corrected chi connectivity index (χ0v) is 19.9.